The molecule has 2 rings (SSSR count). The van der Waals surface area contributed by atoms with Gasteiger partial charge in [0, 0.05) is 31.7 Å². The SMILES string of the molecule is CC1COCCN1CC(O)CNC1CC1. The molecule has 2 unspecified atom stereocenters. The molecule has 0 radical (unpaired) electrons. The minimum absolute atomic E-state index is 0.244. The summed E-state index contributed by atoms with van der Waals surface area (Å²) in [6.07, 6.45) is 2.31. The second-order valence-electron chi connectivity index (χ2n) is 4.76. The van der Waals surface area contributed by atoms with Gasteiger partial charge in [-0.25, -0.2) is 0 Å². The van der Waals surface area contributed by atoms with Crippen LogP contribution in [0.25, 0.3) is 0 Å². The van der Waals surface area contributed by atoms with Crippen LogP contribution in [0.1, 0.15) is 19.8 Å². The molecule has 0 amide bonds. The van der Waals surface area contributed by atoms with Gasteiger partial charge in [0.05, 0.1) is 19.3 Å². The van der Waals surface area contributed by atoms with E-state index in [9.17, 15) is 5.11 Å². The average molecular weight is 214 g/mol. The van der Waals surface area contributed by atoms with Gasteiger partial charge >= 0.3 is 0 Å². The Morgan fingerprint density at radius 2 is 2.33 bits per heavy atom. The highest BCUT2D eigenvalue weighted by molar-refractivity contribution is 4.83. The Hall–Kier alpha value is -0.160. The molecule has 2 fully saturated rings. The second kappa shape index (κ2) is 5.25. The molecule has 2 N–H and O–H groups in total. The van der Waals surface area contributed by atoms with Gasteiger partial charge in [-0.05, 0) is 19.8 Å². The fraction of sp³-hybridized carbons (Fsp3) is 1.00. The standard InChI is InChI=1S/C11H22N2O2/c1-9-8-15-5-4-13(9)7-11(14)6-12-10-2-3-10/h9-12,14H,2-8H2,1H3. The van der Waals surface area contributed by atoms with E-state index in [4.69, 9.17) is 4.74 Å². The van der Waals surface area contributed by atoms with E-state index >= 15 is 0 Å². The van der Waals surface area contributed by atoms with Gasteiger partial charge in [-0.15, -0.1) is 0 Å². The van der Waals surface area contributed by atoms with Crippen molar-refractivity contribution in [2.45, 2.75) is 38.0 Å². The number of hydrogen-bond donors (Lipinski definition) is 2. The van der Waals surface area contributed by atoms with Gasteiger partial charge in [-0.2, -0.15) is 0 Å². The number of β-amino-alcohol motifs (C(OH)–C–C–N with tert-alkyl or cyclic N) is 1. The average Bonchev–Trinajstić information content (AvgIpc) is 3.02. The summed E-state index contributed by atoms with van der Waals surface area (Å²) < 4.78 is 5.36. The Morgan fingerprint density at radius 3 is 3.00 bits per heavy atom. The molecule has 1 saturated carbocycles. The molecule has 0 aromatic rings. The van der Waals surface area contributed by atoms with Crippen LogP contribution in [0.15, 0.2) is 0 Å². The lowest BCUT2D eigenvalue weighted by Gasteiger charge is -2.34. The lowest BCUT2D eigenvalue weighted by molar-refractivity contribution is -0.0196. The van der Waals surface area contributed by atoms with Crippen LogP contribution in [0.2, 0.25) is 0 Å². The van der Waals surface area contributed by atoms with Crippen molar-refractivity contribution < 1.29 is 9.84 Å². The molecule has 0 aromatic carbocycles. The fourth-order valence-corrected chi connectivity index (χ4v) is 1.96. The Balaban J connectivity index is 1.64. The third kappa shape index (κ3) is 3.72. The monoisotopic (exact) mass is 214 g/mol. The van der Waals surface area contributed by atoms with Gasteiger partial charge in [0.2, 0.25) is 0 Å². The zero-order chi connectivity index (χ0) is 10.7. The summed E-state index contributed by atoms with van der Waals surface area (Å²) in [5, 5.41) is 13.2. The van der Waals surface area contributed by atoms with Crippen molar-refractivity contribution in [2.24, 2.45) is 0 Å². The van der Waals surface area contributed by atoms with Crippen LogP contribution in [0, 0.1) is 0 Å². The number of rotatable bonds is 5. The largest absolute Gasteiger partial charge is 0.390 e. The highest BCUT2D eigenvalue weighted by atomic mass is 16.5. The van der Waals surface area contributed by atoms with Crippen LogP contribution in [-0.2, 0) is 4.74 Å². The van der Waals surface area contributed by atoms with Crippen molar-refractivity contribution in [2.75, 3.05) is 32.8 Å². The van der Waals surface area contributed by atoms with E-state index in [0.717, 1.165) is 32.8 Å². The van der Waals surface area contributed by atoms with Crippen LogP contribution in [0.5, 0.6) is 0 Å². The molecule has 2 aliphatic rings. The van der Waals surface area contributed by atoms with Crippen LogP contribution < -0.4 is 5.32 Å². The summed E-state index contributed by atoms with van der Waals surface area (Å²) in [4.78, 5) is 2.31. The number of nitrogens with one attached hydrogen (secondary N) is 1. The Kier molecular flexibility index (Phi) is 3.97. The third-order valence-electron chi connectivity index (χ3n) is 3.17. The predicted octanol–water partition coefficient (Wildman–Crippen LogP) is -0.180. The molecular weight excluding hydrogens is 192 g/mol. The van der Waals surface area contributed by atoms with Crippen molar-refractivity contribution in [1.82, 2.24) is 10.2 Å². The number of aliphatic hydroxyl groups excluding tert-OH is 1. The number of morpholine rings is 1. The van der Waals surface area contributed by atoms with Crippen LogP contribution in [-0.4, -0.2) is 61.0 Å². The van der Waals surface area contributed by atoms with E-state index < -0.39 is 0 Å². The lowest BCUT2D eigenvalue weighted by Crippen LogP contribution is -2.48. The molecule has 1 heterocycles. The smallest absolute Gasteiger partial charge is 0.0791 e. The first-order valence-electron chi connectivity index (χ1n) is 5.99. The van der Waals surface area contributed by atoms with Crippen molar-refractivity contribution in [3.63, 3.8) is 0 Å². The highest BCUT2D eigenvalue weighted by Gasteiger charge is 2.24. The molecule has 88 valence electrons. The maximum atomic E-state index is 9.85. The van der Waals surface area contributed by atoms with Gasteiger partial charge < -0.3 is 15.2 Å². The quantitative estimate of drug-likeness (QED) is 0.666. The molecule has 1 aliphatic carbocycles. The summed E-state index contributed by atoms with van der Waals surface area (Å²) in [5.41, 5.74) is 0. The fourth-order valence-electron chi connectivity index (χ4n) is 1.96. The Labute approximate surface area is 91.6 Å². The van der Waals surface area contributed by atoms with E-state index in [1.165, 1.54) is 12.8 Å². The molecule has 1 aliphatic heterocycles. The number of nitrogens with zero attached hydrogens (tertiary/aromatic N) is 1. The van der Waals surface area contributed by atoms with Crippen LogP contribution >= 0.6 is 0 Å². The number of hydrogen-bond acceptors (Lipinski definition) is 4. The topological polar surface area (TPSA) is 44.7 Å². The first-order valence-corrected chi connectivity index (χ1v) is 5.99. The predicted molar refractivity (Wildman–Crippen MR) is 58.9 cm³/mol. The van der Waals surface area contributed by atoms with Crippen molar-refractivity contribution in [3.05, 3.63) is 0 Å². The van der Waals surface area contributed by atoms with E-state index in [-0.39, 0.29) is 6.10 Å². The molecular formula is C11H22N2O2. The van der Waals surface area contributed by atoms with Crippen LogP contribution in [0.3, 0.4) is 0 Å². The molecule has 0 spiro atoms. The zero-order valence-corrected chi connectivity index (χ0v) is 9.48. The third-order valence-corrected chi connectivity index (χ3v) is 3.17. The zero-order valence-electron chi connectivity index (χ0n) is 9.48. The highest BCUT2D eigenvalue weighted by Crippen LogP contribution is 2.18. The molecule has 15 heavy (non-hydrogen) atoms. The van der Waals surface area contributed by atoms with E-state index in [1.807, 2.05) is 0 Å². The molecule has 1 saturated heterocycles. The number of aliphatic hydroxyl groups is 1. The first kappa shape index (κ1) is 11.3. The van der Waals surface area contributed by atoms with Crippen molar-refractivity contribution in [3.8, 4) is 0 Å². The van der Waals surface area contributed by atoms with E-state index in [0.29, 0.717) is 12.1 Å². The van der Waals surface area contributed by atoms with Gasteiger partial charge in [-0.3, -0.25) is 4.90 Å². The maximum Gasteiger partial charge on any atom is 0.0791 e. The minimum Gasteiger partial charge on any atom is -0.390 e. The molecule has 4 nitrogen and oxygen atoms in total. The first-order chi connectivity index (χ1) is 7.25. The second-order valence-corrected chi connectivity index (χ2v) is 4.76. The van der Waals surface area contributed by atoms with Crippen molar-refractivity contribution in [1.29, 1.82) is 0 Å². The van der Waals surface area contributed by atoms with Crippen molar-refractivity contribution >= 4 is 0 Å². The summed E-state index contributed by atoms with van der Waals surface area (Å²) in [5.74, 6) is 0. The minimum atomic E-state index is -0.244. The Morgan fingerprint density at radius 1 is 1.53 bits per heavy atom. The summed E-state index contributed by atoms with van der Waals surface area (Å²) in [6, 6.07) is 1.12. The normalized spacial score (nSPS) is 30.4. The van der Waals surface area contributed by atoms with Gasteiger partial charge in [0.1, 0.15) is 0 Å². The maximum absolute atomic E-state index is 9.85. The summed E-state index contributed by atoms with van der Waals surface area (Å²) in [7, 11) is 0. The lowest BCUT2D eigenvalue weighted by atomic mass is 10.2. The number of ether oxygens (including phenoxy) is 1. The van der Waals surface area contributed by atoms with Gasteiger partial charge in [0.15, 0.2) is 0 Å². The molecule has 2 atom stereocenters. The molecule has 4 heteroatoms. The summed E-state index contributed by atoms with van der Waals surface area (Å²) in [6.45, 7) is 6.19. The van der Waals surface area contributed by atoms with E-state index in [1.54, 1.807) is 0 Å². The van der Waals surface area contributed by atoms with E-state index in [2.05, 4.69) is 17.1 Å². The van der Waals surface area contributed by atoms with Crippen LogP contribution in [0.4, 0.5) is 0 Å². The van der Waals surface area contributed by atoms with Gasteiger partial charge in [-0.1, -0.05) is 0 Å². The molecule has 0 bridgehead atoms. The summed E-state index contributed by atoms with van der Waals surface area (Å²) >= 11 is 0. The Bertz CT molecular complexity index is 197. The molecule has 0 aromatic heterocycles. The van der Waals surface area contributed by atoms with Gasteiger partial charge in [0.25, 0.3) is 0 Å².